The van der Waals surface area contributed by atoms with Gasteiger partial charge in [0.2, 0.25) is 0 Å². The molecule has 4 heteroatoms. The van der Waals surface area contributed by atoms with Crippen LogP contribution in [0.3, 0.4) is 0 Å². The minimum Gasteiger partial charge on any atom is -0.393 e. The number of aliphatic hydroxyl groups excluding tert-OH is 3. The molecule has 0 aliphatic heterocycles. The summed E-state index contributed by atoms with van der Waals surface area (Å²) in [5, 5.41) is 28.0. The number of quaternary nitrogens is 1. The topological polar surface area (TPSA) is 60.7 Å². The third-order valence-electron chi connectivity index (χ3n) is 1.99. The van der Waals surface area contributed by atoms with Gasteiger partial charge in [-0.3, -0.25) is 0 Å². The van der Waals surface area contributed by atoms with Crippen molar-refractivity contribution in [3.8, 4) is 0 Å². The number of nitrogens with zero attached hydrogens (tertiary/aromatic N) is 1. The molecule has 0 aliphatic rings. The monoisotopic (exact) mass is 192 g/mol. The van der Waals surface area contributed by atoms with Crippen LogP contribution < -0.4 is 0 Å². The van der Waals surface area contributed by atoms with E-state index in [0.717, 1.165) is 0 Å². The Labute approximate surface area is 80.0 Å². The molecular formula is C9H22NO3+. The molecule has 0 aliphatic carbocycles. The van der Waals surface area contributed by atoms with Crippen LogP contribution in [-0.2, 0) is 0 Å². The van der Waals surface area contributed by atoms with Gasteiger partial charge in [0, 0.05) is 0 Å². The van der Waals surface area contributed by atoms with E-state index in [9.17, 15) is 10.2 Å². The molecule has 3 unspecified atom stereocenters. The van der Waals surface area contributed by atoms with Crippen molar-refractivity contribution in [2.45, 2.75) is 38.2 Å². The van der Waals surface area contributed by atoms with E-state index in [4.69, 9.17) is 5.11 Å². The van der Waals surface area contributed by atoms with Crippen molar-refractivity contribution in [3.63, 3.8) is 0 Å². The molecule has 0 rings (SSSR count). The molecule has 0 saturated carbocycles. The van der Waals surface area contributed by atoms with E-state index in [0.29, 0.717) is 17.3 Å². The maximum atomic E-state index is 9.60. The highest BCUT2D eigenvalue weighted by Crippen LogP contribution is 2.10. The summed E-state index contributed by atoms with van der Waals surface area (Å²) in [6, 6.07) is 0. The Bertz CT molecular complexity index is 142. The smallest absolute Gasteiger partial charge is 0.192 e. The van der Waals surface area contributed by atoms with Crippen molar-refractivity contribution in [1.29, 1.82) is 0 Å². The fraction of sp³-hybridized carbons (Fsp3) is 1.00. The molecule has 0 saturated heterocycles. The van der Waals surface area contributed by atoms with Crippen molar-refractivity contribution in [2.75, 3.05) is 21.1 Å². The van der Waals surface area contributed by atoms with E-state index in [-0.39, 0.29) is 0 Å². The molecule has 3 atom stereocenters. The van der Waals surface area contributed by atoms with Gasteiger partial charge in [-0.05, 0) is 13.3 Å². The average molecular weight is 192 g/mol. The minimum atomic E-state index is -0.632. The summed E-state index contributed by atoms with van der Waals surface area (Å²) in [7, 11) is 5.58. The Morgan fingerprint density at radius 3 is 1.77 bits per heavy atom. The van der Waals surface area contributed by atoms with Crippen LogP contribution in [0.2, 0.25) is 0 Å². The Balaban J connectivity index is 3.85. The van der Waals surface area contributed by atoms with Crippen LogP contribution >= 0.6 is 0 Å². The van der Waals surface area contributed by atoms with Crippen LogP contribution in [0.15, 0.2) is 0 Å². The molecule has 0 aromatic rings. The molecule has 80 valence electrons. The van der Waals surface area contributed by atoms with Crippen LogP contribution in [0.25, 0.3) is 0 Å². The second-order valence-electron chi connectivity index (χ2n) is 4.57. The lowest BCUT2D eigenvalue weighted by Gasteiger charge is -2.31. The van der Waals surface area contributed by atoms with Crippen LogP contribution in [0.1, 0.15) is 19.8 Å². The standard InChI is InChI=1S/C9H22NO3/c1-7(11)5-8(12)6-9(13)10(2,3)4/h7-9,11-13H,5-6H2,1-4H3/q+1. The number of aliphatic hydroxyl groups is 3. The predicted octanol–water partition coefficient (Wildman–Crippen LogP) is -0.467. The first-order chi connectivity index (χ1) is 5.73. The fourth-order valence-electron chi connectivity index (χ4n) is 1.05. The summed E-state index contributed by atoms with van der Waals surface area (Å²) in [6.07, 6.45) is -1.12. The number of hydrogen-bond acceptors (Lipinski definition) is 3. The van der Waals surface area contributed by atoms with Crippen LogP contribution in [0.5, 0.6) is 0 Å². The van der Waals surface area contributed by atoms with Crippen LogP contribution in [0, 0.1) is 0 Å². The first-order valence-electron chi connectivity index (χ1n) is 4.58. The zero-order valence-electron chi connectivity index (χ0n) is 8.94. The van der Waals surface area contributed by atoms with Crippen molar-refractivity contribution >= 4 is 0 Å². The second kappa shape index (κ2) is 4.91. The molecule has 0 aromatic heterocycles. The summed E-state index contributed by atoms with van der Waals surface area (Å²) in [5.41, 5.74) is 0. The molecule has 0 heterocycles. The first-order valence-corrected chi connectivity index (χ1v) is 4.58. The Morgan fingerprint density at radius 2 is 1.46 bits per heavy atom. The summed E-state index contributed by atoms with van der Waals surface area (Å²) in [6.45, 7) is 1.63. The van der Waals surface area contributed by atoms with E-state index in [2.05, 4.69) is 0 Å². The Morgan fingerprint density at radius 1 is 1.00 bits per heavy atom. The SMILES string of the molecule is CC(O)CC(O)CC(O)[N+](C)(C)C. The molecule has 13 heavy (non-hydrogen) atoms. The first kappa shape index (κ1) is 12.8. The van der Waals surface area contributed by atoms with Crippen molar-refractivity contribution in [3.05, 3.63) is 0 Å². The number of rotatable bonds is 5. The highest BCUT2D eigenvalue weighted by atomic mass is 16.3. The molecular weight excluding hydrogens is 170 g/mol. The highest BCUT2D eigenvalue weighted by Gasteiger charge is 2.24. The van der Waals surface area contributed by atoms with Crippen molar-refractivity contribution < 1.29 is 19.8 Å². The van der Waals surface area contributed by atoms with Crippen LogP contribution in [-0.4, -0.2) is 59.4 Å². The van der Waals surface area contributed by atoms with Gasteiger partial charge in [0.25, 0.3) is 0 Å². The minimum absolute atomic E-state index is 0.300. The normalized spacial score (nSPS) is 19.6. The summed E-state index contributed by atoms with van der Waals surface area (Å²) >= 11 is 0. The van der Waals surface area contributed by atoms with Gasteiger partial charge >= 0.3 is 0 Å². The second-order valence-corrected chi connectivity index (χ2v) is 4.57. The molecule has 4 nitrogen and oxygen atoms in total. The van der Waals surface area contributed by atoms with Crippen LogP contribution in [0.4, 0.5) is 0 Å². The summed E-state index contributed by atoms with van der Waals surface area (Å²) in [5.74, 6) is 0. The lowest BCUT2D eigenvalue weighted by Crippen LogP contribution is -2.46. The fourth-order valence-corrected chi connectivity index (χ4v) is 1.05. The molecule has 3 N–H and O–H groups in total. The predicted molar refractivity (Wildman–Crippen MR) is 51.0 cm³/mol. The largest absolute Gasteiger partial charge is 0.393 e. The van der Waals surface area contributed by atoms with E-state index in [1.165, 1.54) is 0 Å². The molecule has 0 aromatic carbocycles. The lowest BCUT2D eigenvalue weighted by atomic mass is 10.1. The third-order valence-corrected chi connectivity index (χ3v) is 1.99. The Hall–Kier alpha value is -0.160. The van der Waals surface area contributed by atoms with Gasteiger partial charge in [-0.25, -0.2) is 0 Å². The maximum absolute atomic E-state index is 9.60. The summed E-state index contributed by atoms with van der Waals surface area (Å²) < 4.78 is 0.400. The third kappa shape index (κ3) is 5.99. The van der Waals surface area contributed by atoms with E-state index >= 15 is 0 Å². The van der Waals surface area contributed by atoms with Gasteiger partial charge in [-0.2, -0.15) is 0 Å². The summed E-state index contributed by atoms with van der Waals surface area (Å²) in [4.78, 5) is 0. The molecule has 0 bridgehead atoms. The quantitative estimate of drug-likeness (QED) is 0.408. The maximum Gasteiger partial charge on any atom is 0.192 e. The van der Waals surface area contributed by atoms with Gasteiger partial charge in [0.05, 0.1) is 39.8 Å². The van der Waals surface area contributed by atoms with Gasteiger partial charge in [-0.15, -0.1) is 0 Å². The van der Waals surface area contributed by atoms with Gasteiger partial charge in [-0.1, -0.05) is 0 Å². The molecule has 0 fully saturated rings. The van der Waals surface area contributed by atoms with E-state index < -0.39 is 18.4 Å². The zero-order chi connectivity index (χ0) is 10.6. The van der Waals surface area contributed by atoms with E-state index in [1.54, 1.807) is 6.92 Å². The molecule has 0 radical (unpaired) electrons. The lowest BCUT2D eigenvalue weighted by molar-refractivity contribution is -0.919. The highest BCUT2D eigenvalue weighted by molar-refractivity contribution is 4.61. The van der Waals surface area contributed by atoms with Gasteiger partial charge in [0.1, 0.15) is 0 Å². The van der Waals surface area contributed by atoms with Crippen molar-refractivity contribution in [2.24, 2.45) is 0 Å². The van der Waals surface area contributed by atoms with Gasteiger partial charge in [0.15, 0.2) is 6.23 Å². The zero-order valence-corrected chi connectivity index (χ0v) is 8.94. The van der Waals surface area contributed by atoms with Gasteiger partial charge < -0.3 is 19.8 Å². The van der Waals surface area contributed by atoms with E-state index in [1.807, 2.05) is 21.1 Å². The molecule has 0 amide bonds. The molecule has 0 spiro atoms. The average Bonchev–Trinajstić information content (AvgIpc) is 1.82. The Kier molecular flexibility index (Phi) is 4.85. The van der Waals surface area contributed by atoms with Crippen molar-refractivity contribution in [1.82, 2.24) is 0 Å². The number of hydrogen-bond donors (Lipinski definition) is 3.